The number of benzene rings is 1. The maximum Gasteiger partial charge on any atom is 0.191 e. The van der Waals surface area contributed by atoms with Crippen LogP contribution < -0.4 is 15.4 Å². The van der Waals surface area contributed by atoms with Crippen molar-refractivity contribution in [3.8, 4) is 5.75 Å². The summed E-state index contributed by atoms with van der Waals surface area (Å²) in [4.78, 5) is 4.43. The number of nitrogens with zero attached hydrogens (tertiary/aromatic N) is 1. The molecule has 0 radical (unpaired) electrons. The van der Waals surface area contributed by atoms with Crippen LogP contribution in [0.4, 0.5) is 0 Å². The quantitative estimate of drug-likeness (QED) is 0.476. The van der Waals surface area contributed by atoms with Crippen molar-refractivity contribution in [3.63, 3.8) is 0 Å². The molecule has 2 rings (SSSR count). The Labute approximate surface area is 172 Å². The van der Waals surface area contributed by atoms with Crippen molar-refractivity contribution in [1.82, 2.24) is 10.6 Å². The van der Waals surface area contributed by atoms with E-state index >= 15 is 0 Å². The van der Waals surface area contributed by atoms with Crippen LogP contribution in [0.25, 0.3) is 0 Å². The number of para-hydroxylation sites is 1. The number of hydrogen-bond donors (Lipinski definition) is 3. The van der Waals surface area contributed by atoms with Crippen LogP contribution in [-0.4, -0.2) is 54.9 Å². The molecule has 1 aliphatic heterocycles. The molecular formula is C18H30IN3O2S. The van der Waals surface area contributed by atoms with Gasteiger partial charge >= 0.3 is 0 Å². The summed E-state index contributed by atoms with van der Waals surface area (Å²) in [5.41, 5.74) is 1.16. The largest absolute Gasteiger partial charge is 0.491 e. The Balaban J connectivity index is 0.00000312. The van der Waals surface area contributed by atoms with Crippen LogP contribution in [0.2, 0.25) is 0 Å². The van der Waals surface area contributed by atoms with Crippen LogP contribution in [0, 0.1) is 0 Å². The first kappa shape index (κ1) is 22.4. The van der Waals surface area contributed by atoms with Crippen molar-refractivity contribution in [2.24, 2.45) is 4.99 Å². The number of hydrogen-bond acceptors (Lipinski definition) is 6. The van der Waals surface area contributed by atoms with Gasteiger partial charge in [0.05, 0.1) is 6.54 Å². The fourth-order valence-corrected chi connectivity index (χ4v) is 3.09. The predicted molar refractivity (Wildman–Crippen MR) is 118 cm³/mol. The average molecular weight is 479 g/mol. The first-order chi connectivity index (χ1) is 11.6. The molecule has 3 N–H and O–H groups in total. The molecule has 0 saturated carbocycles. The van der Waals surface area contributed by atoms with E-state index in [0.717, 1.165) is 36.0 Å². The van der Waals surface area contributed by atoms with Crippen molar-refractivity contribution in [1.29, 1.82) is 0 Å². The summed E-state index contributed by atoms with van der Waals surface area (Å²) in [5.74, 6) is 3.15. The van der Waals surface area contributed by atoms with Crippen LogP contribution in [0.3, 0.4) is 0 Å². The van der Waals surface area contributed by atoms with Gasteiger partial charge in [0.15, 0.2) is 5.96 Å². The third-order valence-corrected chi connectivity index (χ3v) is 4.60. The molecule has 25 heavy (non-hydrogen) atoms. The molecule has 0 amide bonds. The SMILES string of the molecule is CSCC[C@H]1CN=C(NCC(O)COc2ccccc2C(C)C)N1.I. The number of ether oxygens (including phenoxy) is 1. The molecule has 0 aliphatic carbocycles. The van der Waals surface area contributed by atoms with Gasteiger partial charge in [0.25, 0.3) is 0 Å². The van der Waals surface area contributed by atoms with Crippen LogP contribution in [-0.2, 0) is 0 Å². The van der Waals surface area contributed by atoms with E-state index in [-0.39, 0.29) is 30.6 Å². The van der Waals surface area contributed by atoms with E-state index in [9.17, 15) is 5.11 Å². The molecule has 1 aromatic carbocycles. The fraction of sp³-hybridized carbons (Fsp3) is 0.611. The van der Waals surface area contributed by atoms with E-state index < -0.39 is 6.10 Å². The number of halogens is 1. The molecule has 142 valence electrons. The smallest absolute Gasteiger partial charge is 0.191 e. The van der Waals surface area contributed by atoms with Gasteiger partial charge in [-0.05, 0) is 36.0 Å². The number of rotatable bonds is 9. The molecular weight excluding hydrogens is 449 g/mol. The highest BCUT2D eigenvalue weighted by molar-refractivity contribution is 14.0. The predicted octanol–water partition coefficient (Wildman–Crippen LogP) is 2.84. The molecule has 0 saturated heterocycles. The summed E-state index contributed by atoms with van der Waals surface area (Å²) >= 11 is 1.85. The van der Waals surface area contributed by atoms with Gasteiger partial charge in [-0.25, -0.2) is 0 Å². The Morgan fingerprint density at radius 3 is 2.88 bits per heavy atom. The average Bonchev–Trinajstić information content (AvgIpc) is 3.04. The Morgan fingerprint density at radius 2 is 2.16 bits per heavy atom. The van der Waals surface area contributed by atoms with Gasteiger partial charge in [0.1, 0.15) is 18.5 Å². The van der Waals surface area contributed by atoms with Crippen molar-refractivity contribution in [2.75, 3.05) is 31.7 Å². The Kier molecular flexibility index (Phi) is 10.6. The fourth-order valence-electron chi connectivity index (χ4n) is 2.56. The lowest BCUT2D eigenvalue weighted by Gasteiger charge is -2.18. The highest BCUT2D eigenvalue weighted by atomic mass is 127. The topological polar surface area (TPSA) is 65.9 Å². The minimum Gasteiger partial charge on any atom is -0.491 e. The molecule has 1 aliphatic rings. The Hall–Kier alpha value is -0.670. The third-order valence-electron chi connectivity index (χ3n) is 3.96. The van der Waals surface area contributed by atoms with Crippen LogP contribution in [0.1, 0.15) is 31.7 Å². The van der Waals surface area contributed by atoms with Gasteiger partial charge in [0.2, 0.25) is 0 Å². The van der Waals surface area contributed by atoms with E-state index in [0.29, 0.717) is 18.5 Å². The lowest BCUT2D eigenvalue weighted by molar-refractivity contribution is 0.109. The third kappa shape index (κ3) is 7.62. The molecule has 1 aromatic rings. The van der Waals surface area contributed by atoms with Crippen molar-refractivity contribution >= 4 is 41.7 Å². The van der Waals surface area contributed by atoms with E-state index in [2.05, 4.69) is 41.8 Å². The minimum absolute atomic E-state index is 0. The van der Waals surface area contributed by atoms with Crippen LogP contribution in [0.5, 0.6) is 5.75 Å². The summed E-state index contributed by atoms with van der Waals surface area (Å²) in [7, 11) is 0. The standard InChI is InChI=1S/C18H29N3O2S.HI/c1-13(2)16-6-4-5-7-17(16)23-12-15(22)11-20-18-19-10-14(21-18)8-9-24-3;/h4-7,13-15,22H,8-12H2,1-3H3,(H2,19,20,21);1H/t14-,15?;/m0./s1. The van der Waals surface area contributed by atoms with E-state index in [1.165, 1.54) is 0 Å². The maximum absolute atomic E-state index is 10.1. The first-order valence-electron chi connectivity index (χ1n) is 8.53. The summed E-state index contributed by atoms with van der Waals surface area (Å²) in [6.07, 6.45) is 2.64. The summed E-state index contributed by atoms with van der Waals surface area (Å²) in [6, 6.07) is 8.39. The second-order valence-corrected chi connectivity index (χ2v) is 7.34. The number of aliphatic imine (C=N–C) groups is 1. The molecule has 0 fully saturated rings. The van der Waals surface area contributed by atoms with Crippen molar-refractivity contribution in [2.45, 2.75) is 38.3 Å². The molecule has 0 aromatic heterocycles. The minimum atomic E-state index is -0.583. The summed E-state index contributed by atoms with van der Waals surface area (Å²) in [6.45, 7) is 5.76. The molecule has 0 bridgehead atoms. The van der Waals surface area contributed by atoms with Gasteiger partial charge in [-0.3, -0.25) is 4.99 Å². The second kappa shape index (κ2) is 11.9. The highest BCUT2D eigenvalue weighted by Gasteiger charge is 2.17. The van der Waals surface area contributed by atoms with Gasteiger partial charge in [0, 0.05) is 12.6 Å². The monoisotopic (exact) mass is 479 g/mol. The Morgan fingerprint density at radius 1 is 1.40 bits per heavy atom. The number of guanidine groups is 1. The normalized spacial score (nSPS) is 17.5. The number of aliphatic hydroxyl groups is 1. The number of aliphatic hydroxyl groups excluding tert-OH is 1. The van der Waals surface area contributed by atoms with Crippen LogP contribution in [0.15, 0.2) is 29.3 Å². The summed E-state index contributed by atoms with van der Waals surface area (Å²) < 4.78 is 5.80. The molecule has 0 spiro atoms. The maximum atomic E-state index is 10.1. The molecule has 1 heterocycles. The molecule has 7 heteroatoms. The van der Waals surface area contributed by atoms with Gasteiger partial charge in [-0.2, -0.15) is 11.8 Å². The molecule has 5 nitrogen and oxygen atoms in total. The zero-order valence-electron chi connectivity index (χ0n) is 15.2. The van der Waals surface area contributed by atoms with E-state index in [4.69, 9.17) is 4.74 Å². The Bertz CT molecular complexity index is 543. The lowest BCUT2D eigenvalue weighted by Crippen LogP contribution is -2.43. The molecule has 2 atom stereocenters. The van der Waals surface area contributed by atoms with E-state index in [1.54, 1.807) is 0 Å². The zero-order valence-corrected chi connectivity index (χ0v) is 18.3. The highest BCUT2D eigenvalue weighted by Crippen LogP contribution is 2.25. The van der Waals surface area contributed by atoms with Crippen molar-refractivity contribution in [3.05, 3.63) is 29.8 Å². The second-order valence-electron chi connectivity index (χ2n) is 6.35. The van der Waals surface area contributed by atoms with Gasteiger partial charge in [-0.15, -0.1) is 24.0 Å². The lowest BCUT2D eigenvalue weighted by atomic mass is 10.0. The van der Waals surface area contributed by atoms with Crippen molar-refractivity contribution < 1.29 is 9.84 Å². The molecule has 1 unspecified atom stereocenters. The number of nitrogens with one attached hydrogen (secondary N) is 2. The summed E-state index contributed by atoms with van der Waals surface area (Å²) in [5, 5.41) is 16.7. The van der Waals surface area contributed by atoms with Gasteiger partial charge in [-0.1, -0.05) is 32.0 Å². The zero-order chi connectivity index (χ0) is 17.4. The van der Waals surface area contributed by atoms with E-state index in [1.807, 2.05) is 30.0 Å². The van der Waals surface area contributed by atoms with Gasteiger partial charge < -0.3 is 20.5 Å². The van der Waals surface area contributed by atoms with Crippen LogP contribution >= 0.6 is 35.7 Å². The first-order valence-corrected chi connectivity index (χ1v) is 9.93. The number of thioether (sulfide) groups is 1.